The Morgan fingerprint density at radius 2 is 1.81 bits per heavy atom. The molecule has 2 heteroatoms. The first-order valence-electron chi connectivity index (χ1n) is 8.84. The monoisotopic (exact) mass is 288 g/mol. The van der Waals surface area contributed by atoms with Crippen molar-refractivity contribution >= 4 is 0 Å². The molecule has 0 aromatic heterocycles. The normalized spacial score (nSPS) is 18.8. The molecule has 1 unspecified atom stereocenters. The number of piperidine rings is 1. The third kappa shape index (κ3) is 5.12. The van der Waals surface area contributed by atoms with Crippen LogP contribution in [0.3, 0.4) is 0 Å². The van der Waals surface area contributed by atoms with Gasteiger partial charge < -0.3 is 5.32 Å². The highest BCUT2D eigenvalue weighted by atomic mass is 15.2. The second-order valence-electron chi connectivity index (χ2n) is 6.40. The molecule has 0 saturated carbocycles. The zero-order valence-electron chi connectivity index (χ0n) is 13.9. The van der Waals surface area contributed by atoms with Crippen molar-refractivity contribution in [1.29, 1.82) is 0 Å². The molecule has 1 aliphatic rings. The van der Waals surface area contributed by atoms with E-state index in [1.54, 1.807) is 0 Å². The van der Waals surface area contributed by atoms with Crippen molar-refractivity contribution in [3.8, 4) is 0 Å². The molecular formula is C19H32N2. The molecule has 1 aromatic carbocycles. The third-order valence-corrected chi connectivity index (χ3v) is 4.74. The van der Waals surface area contributed by atoms with E-state index in [1.165, 1.54) is 50.8 Å². The van der Waals surface area contributed by atoms with Gasteiger partial charge in [0.2, 0.25) is 0 Å². The zero-order chi connectivity index (χ0) is 14.9. The fourth-order valence-electron chi connectivity index (χ4n) is 3.51. The molecular weight excluding hydrogens is 256 g/mol. The van der Waals surface area contributed by atoms with Crippen LogP contribution in [0.2, 0.25) is 0 Å². The van der Waals surface area contributed by atoms with Crippen molar-refractivity contribution in [2.75, 3.05) is 26.2 Å². The van der Waals surface area contributed by atoms with Crippen LogP contribution in [-0.2, 0) is 0 Å². The summed E-state index contributed by atoms with van der Waals surface area (Å²) < 4.78 is 0. The minimum absolute atomic E-state index is 0.542. The number of likely N-dealkylation sites (tertiary alicyclic amines) is 1. The van der Waals surface area contributed by atoms with Gasteiger partial charge >= 0.3 is 0 Å². The highest BCUT2D eigenvalue weighted by molar-refractivity contribution is 5.19. The molecule has 0 bridgehead atoms. The summed E-state index contributed by atoms with van der Waals surface area (Å²) in [6.45, 7) is 9.27. The van der Waals surface area contributed by atoms with Gasteiger partial charge in [-0.2, -0.15) is 0 Å². The Kier molecular flexibility index (Phi) is 7.25. The van der Waals surface area contributed by atoms with Gasteiger partial charge in [-0.25, -0.2) is 0 Å². The van der Waals surface area contributed by atoms with Crippen LogP contribution < -0.4 is 5.32 Å². The average Bonchev–Trinajstić information content (AvgIpc) is 2.54. The Labute approximate surface area is 130 Å². The van der Waals surface area contributed by atoms with Gasteiger partial charge in [-0.3, -0.25) is 4.90 Å². The van der Waals surface area contributed by atoms with Crippen LogP contribution in [0.15, 0.2) is 30.3 Å². The van der Waals surface area contributed by atoms with Gasteiger partial charge in [-0.15, -0.1) is 0 Å². The van der Waals surface area contributed by atoms with Crippen molar-refractivity contribution in [2.24, 2.45) is 5.92 Å². The first kappa shape index (κ1) is 16.5. The van der Waals surface area contributed by atoms with Crippen LogP contribution in [0.25, 0.3) is 0 Å². The summed E-state index contributed by atoms with van der Waals surface area (Å²) in [6.07, 6.45) is 6.72. The topological polar surface area (TPSA) is 15.3 Å². The summed E-state index contributed by atoms with van der Waals surface area (Å²) in [4.78, 5) is 2.70. The predicted molar refractivity (Wildman–Crippen MR) is 91.5 cm³/mol. The van der Waals surface area contributed by atoms with Gasteiger partial charge in [0.1, 0.15) is 0 Å². The van der Waals surface area contributed by atoms with Crippen LogP contribution in [0, 0.1) is 5.92 Å². The lowest BCUT2D eigenvalue weighted by atomic mass is 9.91. The highest BCUT2D eigenvalue weighted by Crippen LogP contribution is 2.28. The van der Waals surface area contributed by atoms with Crippen LogP contribution in [0.5, 0.6) is 0 Å². The van der Waals surface area contributed by atoms with Crippen LogP contribution in [0.4, 0.5) is 0 Å². The second-order valence-corrected chi connectivity index (χ2v) is 6.40. The Morgan fingerprint density at radius 3 is 2.43 bits per heavy atom. The van der Waals surface area contributed by atoms with Crippen molar-refractivity contribution in [1.82, 2.24) is 10.2 Å². The molecule has 1 N–H and O–H groups in total. The second kappa shape index (κ2) is 9.22. The Hall–Kier alpha value is -0.860. The quantitative estimate of drug-likeness (QED) is 0.720. The molecule has 2 rings (SSSR count). The van der Waals surface area contributed by atoms with E-state index in [9.17, 15) is 0 Å². The van der Waals surface area contributed by atoms with E-state index in [0.717, 1.165) is 19.0 Å². The van der Waals surface area contributed by atoms with Crippen molar-refractivity contribution in [3.63, 3.8) is 0 Å². The first-order chi connectivity index (χ1) is 10.3. The van der Waals surface area contributed by atoms with Gasteiger partial charge in [-0.1, -0.05) is 57.0 Å². The molecule has 1 fully saturated rings. The summed E-state index contributed by atoms with van der Waals surface area (Å²) in [5.74, 6) is 0.964. The SMILES string of the molecule is CCCNCC(c1ccccc1)N1CCC(CCC)CC1. The smallest absolute Gasteiger partial charge is 0.0472 e. The average molecular weight is 288 g/mol. The van der Waals surface area contributed by atoms with E-state index >= 15 is 0 Å². The molecule has 118 valence electrons. The van der Waals surface area contributed by atoms with E-state index < -0.39 is 0 Å². The maximum Gasteiger partial charge on any atom is 0.0472 e. The maximum atomic E-state index is 3.63. The molecule has 0 amide bonds. The summed E-state index contributed by atoms with van der Waals surface area (Å²) in [6, 6.07) is 11.6. The summed E-state index contributed by atoms with van der Waals surface area (Å²) in [7, 11) is 0. The van der Waals surface area contributed by atoms with Crippen LogP contribution >= 0.6 is 0 Å². The molecule has 0 aliphatic carbocycles. The lowest BCUT2D eigenvalue weighted by Gasteiger charge is -2.38. The fraction of sp³-hybridized carbons (Fsp3) is 0.684. The maximum absolute atomic E-state index is 3.63. The van der Waals surface area contributed by atoms with Crippen LogP contribution in [0.1, 0.15) is 57.6 Å². The van der Waals surface area contributed by atoms with Crippen molar-refractivity contribution in [3.05, 3.63) is 35.9 Å². The Bertz CT molecular complexity index is 368. The van der Waals surface area contributed by atoms with Gasteiger partial charge in [0.25, 0.3) is 0 Å². The summed E-state index contributed by atoms with van der Waals surface area (Å²) in [5, 5.41) is 3.63. The Balaban J connectivity index is 1.96. The summed E-state index contributed by atoms with van der Waals surface area (Å²) >= 11 is 0. The fourth-order valence-corrected chi connectivity index (χ4v) is 3.51. The van der Waals surface area contributed by atoms with E-state index in [4.69, 9.17) is 0 Å². The van der Waals surface area contributed by atoms with Crippen molar-refractivity contribution < 1.29 is 0 Å². The number of rotatable bonds is 8. The van der Waals surface area contributed by atoms with Gasteiger partial charge in [-0.05, 0) is 50.4 Å². The zero-order valence-corrected chi connectivity index (χ0v) is 13.9. The molecule has 1 aromatic rings. The van der Waals surface area contributed by atoms with Crippen LogP contribution in [-0.4, -0.2) is 31.1 Å². The van der Waals surface area contributed by atoms with Gasteiger partial charge in [0.15, 0.2) is 0 Å². The van der Waals surface area contributed by atoms with Crippen molar-refractivity contribution in [2.45, 2.75) is 52.0 Å². The lowest BCUT2D eigenvalue weighted by molar-refractivity contribution is 0.126. The van der Waals surface area contributed by atoms with Gasteiger partial charge in [0.05, 0.1) is 0 Å². The number of nitrogens with one attached hydrogen (secondary N) is 1. The van der Waals surface area contributed by atoms with E-state index in [1.807, 2.05) is 0 Å². The minimum atomic E-state index is 0.542. The third-order valence-electron chi connectivity index (χ3n) is 4.74. The predicted octanol–water partition coefficient (Wildman–Crippen LogP) is 4.24. The summed E-state index contributed by atoms with van der Waals surface area (Å²) in [5.41, 5.74) is 1.47. The number of hydrogen-bond donors (Lipinski definition) is 1. The van der Waals surface area contributed by atoms with E-state index in [2.05, 4.69) is 54.4 Å². The molecule has 1 atom stereocenters. The molecule has 1 aliphatic heterocycles. The molecule has 0 spiro atoms. The molecule has 1 saturated heterocycles. The first-order valence-corrected chi connectivity index (χ1v) is 8.84. The lowest BCUT2D eigenvalue weighted by Crippen LogP contribution is -2.41. The van der Waals surface area contributed by atoms with E-state index in [-0.39, 0.29) is 0 Å². The Morgan fingerprint density at radius 1 is 1.10 bits per heavy atom. The standard InChI is InChI=1S/C19H32N2/c1-3-8-17-11-14-21(15-12-17)19(16-20-13-4-2)18-9-6-5-7-10-18/h5-7,9-10,17,19-20H,3-4,8,11-16H2,1-2H3. The van der Waals surface area contributed by atoms with Gasteiger partial charge in [0, 0.05) is 12.6 Å². The largest absolute Gasteiger partial charge is 0.315 e. The van der Waals surface area contributed by atoms with E-state index in [0.29, 0.717) is 6.04 Å². The molecule has 2 nitrogen and oxygen atoms in total. The minimum Gasteiger partial charge on any atom is -0.315 e. The molecule has 0 radical (unpaired) electrons. The number of benzene rings is 1. The number of hydrogen-bond acceptors (Lipinski definition) is 2. The molecule has 1 heterocycles. The molecule has 21 heavy (non-hydrogen) atoms. The number of nitrogens with zero attached hydrogens (tertiary/aromatic N) is 1. The highest BCUT2D eigenvalue weighted by Gasteiger charge is 2.25.